The van der Waals surface area contributed by atoms with E-state index in [2.05, 4.69) is 20.9 Å². The highest BCUT2D eigenvalue weighted by Crippen LogP contribution is 2.31. The van der Waals surface area contributed by atoms with Crippen molar-refractivity contribution in [3.63, 3.8) is 0 Å². The Kier molecular flexibility index (Phi) is 6.21. The van der Waals surface area contributed by atoms with Crippen molar-refractivity contribution < 1.29 is 31.9 Å². The van der Waals surface area contributed by atoms with Crippen molar-refractivity contribution in [2.24, 2.45) is 0 Å². The summed E-state index contributed by atoms with van der Waals surface area (Å²) in [6.07, 6.45) is -4.85. The molecule has 0 saturated carbocycles. The minimum Gasteiger partial charge on any atom is -0.352 e. The summed E-state index contributed by atoms with van der Waals surface area (Å²) in [5.74, 6) is -3.58. The molecule has 1 aromatic heterocycles. The van der Waals surface area contributed by atoms with Gasteiger partial charge in [-0.1, -0.05) is 0 Å². The summed E-state index contributed by atoms with van der Waals surface area (Å²) >= 11 is 0. The van der Waals surface area contributed by atoms with Crippen LogP contribution >= 0.6 is 0 Å². The number of anilines is 1. The monoisotopic (exact) mass is 456 g/mol. The number of carbonyl (C=O) groups excluding carboxylic acids is 3. The highest BCUT2D eigenvalue weighted by molar-refractivity contribution is 6.05. The van der Waals surface area contributed by atoms with E-state index in [0.717, 1.165) is 0 Å². The van der Waals surface area contributed by atoms with Gasteiger partial charge in [0.15, 0.2) is 5.82 Å². The van der Waals surface area contributed by atoms with Gasteiger partial charge >= 0.3 is 6.18 Å². The van der Waals surface area contributed by atoms with Crippen molar-refractivity contribution in [1.29, 1.82) is 0 Å². The molecule has 32 heavy (non-hydrogen) atoms. The number of amides is 3. The Balaban J connectivity index is 2.03. The number of fused-ring (bicyclic) bond motifs is 1. The molecule has 1 aliphatic rings. The number of rotatable bonds is 5. The molecule has 0 fully saturated rings. The van der Waals surface area contributed by atoms with E-state index in [4.69, 9.17) is 0 Å². The predicted molar refractivity (Wildman–Crippen MR) is 104 cm³/mol. The maximum atomic E-state index is 13.7. The summed E-state index contributed by atoms with van der Waals surface area (Å²) in [4.78, 5) is 43.2. The molecule has 0 saturated heterocycles. The topological polar surface area (TPSA) is 108 Å². The molecule has 13 heteroatoms. The lowest BCUT2D eigenvalue weighted by Gasteiger charge is -2.29. The maximum Gasteiger partial charge on any atom is 0.416 e. The third kappa shape index (κ3) is 4.56. The van der Waals surface area contributed by atoms with E-state index in [1.165, 1.54) is 11.6 Å². The number of likely N-dealkylation sites (N-methyl/N-ethyl adjacent to an activating group) is 1. The van der Waals surface area contributed by atoms with E-state index < -0.39 is 41.0 Å². The summed E-state index contributed by atoms with van der Waals surface area (Å²) in [5, 5.41) is 7.36. The molecular formula is C19H20F4N6O3. The molecule has 9 nitrogen and oxygen atoms in total. The third-order valence-electron chi connectivity index (χ3n) is 4.74. The van der Waals surface area contributed by atoms with Gasteiger partial charge in [0, 0.05) is 19.2 Å². The summed E-state index contributed by atoms with van der Waals surface area (Å²) in [6, 6.07) is 0.603. The average Bonchev–Trinajstić information content (AvgIpc) is 3.06. The first-order valence-corrected chi connectivity index (χ1v) is 9.37. The van der Waals surface area contributed by atoms with Crippen molar-refractivity contribution in [2.75, 3.05) is 33.0 Å². The fourth-order valence-electron chi connectivity index (χ4n) is 3.32. The smallest absolute Gasteiger partial charge is 0.352 e. The quantitative estimate of drug-likeness (QED) is 0.590. The molecule has 1 aliphatic heterocycles. The molecule has 2 aromatic rings. The molecule has 172 valence electrons. The van der Waals surface area contributed by atoms with Gasteiger partial charge in [-0.3, -0.25) is 14.4 Å². The van der Waals surface area contributed by atoms with Gasteiger partial charge in [-0.2, -0.15) is 13.2 Å². The molecule has 3 amide bonds. The van der Waals surface area contributed by atoms with Gasteiger partial charge in [0.1, 0.15) is 11.9 Å². The van der Waals surface area contributed by atoms with Crippen LogP contribution in [0, 0.1) is 5.82 Å². The fraction of sp³-hybridized carbons (Fsp3) is 0.368. The first kappa shape index (κ1) is 23.2. The van der Waals surface area contributed by atoms with E-state index >= 15 is 0 Å². The van der Waals surface area contributed by atoms with Gasteiger partial charge in [0.2, 0.25) is 11.7 Å². The molecule has 3 rings (SSSR count). The minimum absolute atomic E-state index is 0.0840. The van der Waals surface area contributed by atoms with Crippen LogP contribution in [0.4, 0.5) is 23.4 Å². The highest BCUT2D eigenvalue weighted by Gasteiger charge is 2.36. The number of nitrogens with one attached hydrogen (secondary N) is 3. The Morgan fingerprint density at radius 1 is 1.25 bits per heavy atom. The number of carbonyl (C=O) groups is 3. The van der Waals surface area contributed by atoms with E-state index in [1.807, 2.05) is 0 Å². The largest absolute Gasteiger partial charge is 0.416 e. The molecular weight excluding hydrogens is 436 g/mol. The van der Waals surface area contributed by atoms with Crippen molar-refractivity contribution in [2.45, 2.75) is 18.8 Å². The molecule has 0 bridgehead atoms. The minimum atomic E-state index is -4.85. The predicted octanol–water partition coefficient (Wildman–Crippen LogP) is 1.39. The molecule has 1 atom stereocenters. The number of nitrogens with zero attached hydrogens (tertiary/aromatic N) is 3. The molecule has 3 N–H and O–H groups in total. The van der Waals surface area contributed by atoms with Crippen molar-refractivity contribution >= 4 is 23.5 Å². The molecule has 2 heterocycles. The van der Waals surface area contributed by atoms with Crippen LogP contribution in [0.3, 0.4) is 0 Å². The number of alkyl halides is 3. The van der Waals surface area contributed by atoms with E-state index in [9.17, 15) is 31.9 Å². The second-order valence-corrected chi connectivity index (χ2v) is 7.36. The SMILES string of the molecule is CNC(=O)c1nc(NC(=O)c2cc(F)cc(C(F)(F)F)c2)c2n1C(CN(C)C)C(=O)NC2. The summed E-state index contributed by atoms with van der Waals surface area (Å²) in [5.41, 5.74) is -1.63. The summed E-state index contributed by atoms with van der Waals surface area (Å²) < 4.78 is 54.0. The lowest BCUT2D eigenvalue weighted by atomic mass is 10.1. The van der Waals surface area contributed by atoms with Gasteiger partial charge in [0.05, 0.1) is 17.8 Å². The molecule has 0 spiro atoms. The number of halogens is 4. The Morgan fingerprint density at radius 3 is 2.53 bits per heavy atom. The Morgan fingerprint density at radius 2 is 1.94 bits per heavy atom. The van der Waals surface area contributed by atoms with Gasteiger partial charge in [-0.05, 0) is 32.3 Å². The van der Waals surface area contributed by atoms with E-state index in [-0.39, 0.29) is 42.4 Å². The summed E-state index contributed by atoms with van der Waals surface area (Å²) in [6.45, 7) is 0.130. The molecule has 0 radical (unpaired) electrons. The van der Waals surface area contributed by atoms with Crippen molar-refractivity contribution in [3.8, 4) is 0 Å². The number of hydrogen-bond acceptors (Lipinski definition) is 5. The number of benzene rings is 1. The zero-order chi connectivity index (χ0) is 23.8. The lowest BCUT2D eigenvalue weighted by Crippen LogP contribution is -2.44. The van der Waals surface area contributed by atoms with E-state index in [1.54, 1.807) is 19.0 Å². The van der Waals surface area contributed by atoms with Crippen LogP contribution in [0.2, 0.25) is 0 Å². The second kappa shape index (κ2) is 8.57. The van der Waals surface area contributed by atoms with Crippen LogP contribution in [-0.2, 0) is 17.5 Å². The van der Waals surface area contributed by atoms with Crippen LogP contribution in [0.1, 0.15) is 38.3 Å². The first-order valence-electron chi connectivity index (χ1n) is 9.37. The average molecular weight is 456 g/mol. The highest BCUT2D eigenvalue weighted by atomic mass is 19.4. The van der Waals surface area contributed by atoms with Gasteiger partial charge in [-0.25, -0.2) is 9.37 Å². The Bertz CT molecular complexity index is 1080. The molecule has 1 aromatic carbocycles. The second-order valence-electron chi connectivity index (χ2n) is 7.36. The van der Waals surface area contributed by atoms with Crippen LogP contribution < -0.4 is 16.0 Å². The van der Waals surface area contributed by atoms with Gasteiger partial charge in [-0.15, -0.1) is 0 Å². The van der Waals surface area contributed by atoms with E-state index in [0.29, 0.717) is 12.1 Å². The first-order chi connectivity index (χ1) is 14.9. The van der Waals surface area contributed by atoms with Crippen molar-refractivity contribution in [1.82, 2.24) is 25.1 Å². The number of aromatic nitrogens is 2. The third-order valence-corrected chi connectivity index (χ3v) is 4.74. The standard InChI is InChI=1S/C19H20F4N6O3/c1-24-18(32)15-26-14(12-7-25-17(31)13(29(12)15)8-28(2)3)27-16(30)9-4-10(19(21,22)23)6-11(20)5-9/h4-6,13H,7-8H2,1-3H3,(H,24,32)(H,25,31)(H,27,30). The van der Waals surface area contributed by atoms with Crippen molar-refractivity contribution in [3.05, 3.63) is 46.7 Å². The van der Waals surface area contributed by atoms with Crippen LogP contribution in [0.25, 0.3) is 0 Å². The summed E-state index contributed by atoms with van der Waals surface area (Å²) in [7, 11) is 4.81. The number of hydrogen-bond donors (Lipinski definition) is 3. The molecule has 1 unspecified atom stereocenters. The zero-order valence-electron chi connectivity index (χ0n) is 17.3. The molecule has 0 aliphatic carbocycles. The Hall–Kier alpha value is -3.48. The zero-order valence-corrected chi connectivity index (χ0v) is 17.3. The van der Waals surface area contributed by atoms with Gasteiger partial charge < -0.3 is 25.4 Å². The van der Waals surface area contributed by atoms with Crippen LogP contribution in [0.15, 0.2) is 18.2 Å². The number of imidazole rings is 1. The Labute approximate surface area is 179 Å². The lowest BCUT2D eigenvalue weighted by molar-refractivity contribution is -0.137. The maximum absolute atomic E-state index is 13.7. The fourth-order valence-corrected chi connectivity index (χ4v) is 3.32. The van der Waals surface area contributed by atoms with Crippen LogP contribution in [0.5, 0.6) is 0 Å². The normalized spacial score (nSPS) is 15.9. The van der Waals surface area contributed by atoms with Gasteiger partial charge in [0.25, 0.3) is 11.8 Å². The van der Waals surface area contributed by atoms with Crippen LogP contribution in [-0.4, -0.2) is 59.9 Å².